The first kappa shape index (κ1) is 24.7. The fraction of sp³-hybridized carbons (Fsp3) is 0.417. The molecule has 1 heterocycles. The minimum atomic E-state index is -4.54. The molecule has 6 nitrogen and oxygen atoms in total. The van der Waals surface area contributed by atoms with E-state index in [1.165, 1.54) is 24.1 Å². The quantitative estimate of drug-likeness (QED) is 0.628. The maximum absolute atomic E-state index is 13.1. The van der Waals surface area contributed by atoms with Crippen LogP contribution in [-0.2, 0) is 15.7 Å². The lowest BCUT2D eigenvalue weighted by Crippen LogP contribution is -2.51. The van der Waals surface area contributed by atoms with E-state index in [0.717, 1.165) is 17.7 Å². The highest BCUT2D eigenvalue weighted by Crippen LogP contribution is 2.29. The van der Waals surface area contributed by atoms with Crippen molar-refractivity contribution in [1.82, 2.24) is 9.80 Å². The van der Waals surface area contributed by atoms with Crippen LogP contribution in [0.25, 0.3) is 0 Å². The van der Waals surface area contributed by atoms with Crippen LogP contribution in [0.5, 0.6) is 0 Å². The Labute approximate surface area is 190 Å². The number of carbonyl (C=O) groups excluding carboxylic acids is 2. The summed E-state index contributed by atoms with van der Waals surface area (Å²) in [5.41, 5.74) is 0.666. The van der Waals surface area contributed by atoms with Gasteiger partial charge in [0.1, 0.15) is 0 Å². The summed E-state index contributed by atoms with van der Waals surface area (Å²) in [6, 6.07) is 11.6. The SMILES string of the molecule is COCCN(CC1CN(C(=O)c2ccc(C)cc2)CCO1)C(=O)c1cccc(C(F)(F)F)c1. The molecule has 0 aromatic heterocycles. The van der Waals surface area contributed by atoms with Crippen LogP contribution >= 0.6 is 0 Å². The van der Waals surface area contributed by atoms with E-state index in [0.29, 0.717) is 18.7 Å². The zero-order chi connectivity index (χ0) is 24.0. The third-order valence-corrected chi connectivity index (χ3v) is 5.44. The summed E-state index contributed by atoms with van der Waals surface area (Å²) < 4.78 is 50.1. The van der Waals surface area contributed by atoms with Gasteiger partial charge in [-0.15, -0.1) is 0 Å². The van der Waals surface area contributed by atoms with Gasteiger partial charge in [-0.3, -0.25) is 9.59 Å². The fourth-order valence-corrected chi connectivity index (χ4v) is 3.63. The van der Waals surface area contributed by atoms with Crippen molar-refractivity contribution in [2.45, 2.75) is 19.2 Å². The van der Waals surface area contributed by atoms with E-state index in [2.05, 4.69) is 0 Å². The molecule has 1 atom stereocenters. The van der Waals surface area contributed by atoms with Crippen LogP contribution in [0.15, 0.2) is 48.5 Å². The predicted octanol–water partition coefficient (Wildman–Crippen LogP) is 3.64. The zero-order valence-corrected chi connectivity index (χ0v) is 18.6. The van der Waals surface area contributed by atoms with Crippen molar-refractivity contribution in [3.63, 3.8) is 0 Å². The van der Waals surface area contributed by atoms with E-state index < -0.39 is 23.8 Å². The van der Waals surface area contributed by atoms with E-state index >= 15 is 0 Å². The van der Waals surface area contributed by atoms with Gasteiger partial charge in [-0.05, 0) is 37.3 Å². The highest BCUT2D eigenvalue weighted by atomic mass is 19.4. The molecule has 178 valence electrons. The molecule has 2 aromatic rings. The molecule has 2 aromatic carbocycles. The minimum absolute atomic E-state index is 0.0654. The lowest BCUT2D eigenvalue weighted by molar-refractivity contribution is -0.137. The molecule has 1 aliphatic rings. The Balaban J connectivity index is 1.72. The largest absolute Gasteiger partial charge is 0.416 e. The first-order valence-electron chi connectivity index (χ1n) is 10.6. The minimum Gasteiger partial charge on any atom is -0.383 e. The van der Waals surface area contributed by atoms with Crippen LogP contribution in [0.1, 0.15) is 31.8 Å². The Morgan fingerprint density at radius 2 is 1.88 bits per heavy atom. The first-order valence-corrected chi connectivity index (χ1v) is 10.6. The first-order chi connectivity index (χ1) is 15.7. The molecule has 33 heavy (non-hydrogen) atoms. The molecule has 1 unspecified atom stereocenters. The Morgan fingerprint density at radius 3 is 2.55 bits per heavy atom. The third-order valence-electron chi connectivity index (χ3n) is 5.44. The van der Waals surface area contributed by atoms with Crippen molar-refractivity contribution in [3.8, 4) is 0 Å². The molecular weight excluding hydrogens is 437 g/mol. The van der Waals surface area contributed by atoms with Crippen molar-refractivity contribution in [3.05, 3.63) is 70.8 Å². The lowest BCUT2D eigenvalue weighted by Gasteiger charge is -2.36. The van der Waals surface area contributed by atoms with Crippen molar-refractivity contribution in [1.29, 1.82) is 0 Å². The van der Waals surface area contributed by atoms with Crippen molar-refractivity contribution < 1.29 is 32.2 Å². The maximum Gasteiger partial charge on any atom is 0.416 e. The second-order valence-corrected chi connectivity index (χ2v) is 7.93. The molecule has 0 spiro atoms. The number of nitrogens with zero attached hydrogens (tertiary/aromatic N) is 2. The molecule has 2 amide bonds. The second-order valence-electron chi connectivity index (χ2n) is 7.93. The number of benzene rings is 2. The van der Waals surface area contributed by atoms with Crippen LogP contribution in [0.3, 0.4) is 0 Å². The van der Waals surface area contributed by atoms with E-state index in [1.54, 1.807) is 17.0 Å². The summed E-state index contributed by atoms with van der Waals surface area (Å²) >= 11 is 0. The van der Waals surface area contributed by atoms with Crippen molar-refractivity contribution in [2.75, 3.05) is 46.5 Å². The van der Waals surface area contributed by atoms with E-state index in [-0.39, 0.29) is 37.7 Å². The normalized spacial score (nSPS) is 16.5. The van der Waals surface area contributed by atoms with Gasteiger partial charge in [-0.2, -0.15) is 13.2 Å². The van der Waals surface area contributed by atoms with Crippen molar-refractivity contribution >= 4 is 11.8 Å². The van der Waals surface area contributed by atoms with E-state index in [9.17, 15) is 22.8 Å². The molecule has 0 bridgehead atoms. The Kier molecular flexibility index (Phi) is 8.10. The number of morpholine rings is 1. The van der Waals surface area contributed by atoms with Gasteiger partial charge in [0.25, 0.3) is 11.8 Å². The monoisotopic (exact) mass is 464 g/mol. The average molecular weight is 464 g/mol. The molecule has 0 aliphatic carbocycles. The number of hydrogen-bond acceptors (Lipinski definition) is 4. The smallest absolute Gasteiger partial charge is 0.383 e. The molecule has 1 saturated heterocycles. The molecule has 0 radical (unpaired) electrons. The number of carbonyl (C=O) groups is 2. The summed E-state index contributed by atoms with van der Waals surface area (Å²) in [5, 5.41) is 0. The highest BCUT2D eigenvalue weighted by molar-refractivity contribution is 5.95. The molecule has 0 saturated carbocycles. The predicted molar refractivity (Wildman–Crippen MR) is 116 cm³/mol. The lowest BCUT2D eigenvalue weighted by atomic mass is 10.1. The Morgan fingerprint density at radius 1 is 1.15 bits per heavy atom. The summed E-state index contributed by atoms with van der Waals surface area (Å²) in [6.45, 7) is 3.44. The zero-order valence-electron chi connectivity index (χ0n) is 18.6. The van der Waals surface area contributed by atoms with Gasteiger partial charge in [0.05, 0.1) is 24.9 Å². The molecule has 9 heteroatoms. The molecular formula is C24H27F3N2O4. The van der Waals surface area contributed by atoms with Crippen LogP contribution in [0.4, 0.5) is 13.2 Å². The number of rotatable bonds is 7. The van der Waals surface area contributed by atoms with Gasteiger partial charge in [-0.25, -0.2) is 0 Å². The summed E-state index contributed by atoms with van der Waals surface area (Å²) in [4.78, 5) is 29.0. The van der Waals surface area contributed by atoms with Crippen LogP contribution in [0, 0.1) is 6.92 Å². The molecule has 0 N–H and O–H groups in total. The van der Waals surface area contributed by atoms with Gasteiger partial charge in [0, 0.05) is 44.4 Å². The van der Waals surface area contributed by atoms with Crippen LogP contribution in [0.2, 0.25) is 0 Å². The van der Waals surface area contributed by atoms with Crippen LogP contribution < -0.4 is 0 Å². The van der Waals surface area contributed by atoms with E-state index in [1.807, 2.05) is 19.1 Å². The number of ether oxygens (including phenoxy) is 2. The standard InChI is InChI=1S/C24H27F3N2O4/c1-17-6-8-18(9-7-17)22(30)29-11-13-33-21(16-29)15-28(10-12-32-2)23(31)19-4-3-5-20(14-19)24(25,26)27/h3-9,14,21H,10-13,15-16H2,1-2H3. The van der Waals surface area contributed by atoms with Gasteiger partial charge >= 0.3 is 6.18 Å². The second kappa shape index (κ2) is 10.8. The number of methoxy groups -OCH3 is 1. The number of hydrogen-bond donors (Lipinski definition) is 0. The van der Waals surface area contributed by atoms with Crippen molar-refractivity contribution in [2.24, 2.45) is 0 Å². The summed E-state index contributed by atoms with van der Waals surface area (Å²) in [5.74, 6) is -0.681. The maximum atomic E-state index is 13.1. The van der Waals surface area contributed by atoms with Gasteiger partial charge in [-0.1, -0.05) is 23.8 Å². The van der Waals surface area contributed by atoms with Gasteiger partial charge in [0.2, 0.25) is 0 Å². The van der Waals surface area contributed by atoms with E-state index in [4.69, 9.17) is 9.47 Å². The molecule has 1 fully saturated rings. The summed E-state index contributed by atoms with van der Waals surface area (Å²) in [7, 11) is 1.48. The number of alkyl halides is 3. The Bertz CT molecular complexity index is 963. The average Bonchev–Trinajstić information content (AvgIpc) is 2.81. The highest BCUT2D eigenvalue weighted by Gasteiger charge is 2.32. The molecule has 1 aliphatic heterocycles. The number of amides is 2. The number of aryl methyl sites for hydroxylation is 1. The number of halogens is 3. The van der Waals surface area contributed by atoms with Crippen LogP contribution in [-0.4, -0.2) is 74.2 Å². The third kappa shape index (κ3) is 6.55. The van der Waals surface area contributed by atoms with Gasteiger partial charge < -0.3 is 19.3 Å². The summed E-state index contributed by atoms with van der Waals surface area (Å²) in [6.07, 6.45) is -5.02. The Hall–Kier alpha value is -2.91. The topological polar surface area (TPSA) is 59.1 Å². The molecule has 3 rings (SSSR count). The fourth-order valence-electron chi connectivity index (χ4n) is 3.63. The van der Waals surface area contributed by atoms with Gasteiger partial charge in [0.15, 0.2) is 0 Å².